The van der Waals surface area contributed by atoms with Crippen LogP contribution in [0.4, 0.5) is 8.78 Å². The third kappa shape index (κ3) is 4.15. The highest BCUT2D eigenvalue weighted by Crippen LogP contribution is 2.19. The normalized spacial score (nSPS) is 10.3. The number of carbonyl (C=O) groups is 1. The first-order chi connectivity index (χ1) is 10.5. The largest absolute Gasteiger partial charge is 0.482 e. The highest BCUT2D eigenvalue weighted by molar-refractivity contribution is 5.92. The van der Waals surface area contributed by atoms with Crippen molar-refractivity contribution >= 4 is 5.91 Å². The molecule has 0 atom stereocenters. The summed E-state index contributed by atoms with van der Waals surface area (Å²) >= 11 is 0. The van der Waals surface area contributed by atoms with Gasteiger partial charge in [-0.05, 0) is 19.1 Å². The van der Waals surface area contributed by atoms with Crippen LogP contribution in [0.25, 0.3) is 0 Å². The number of amides is 1. The quantitative estimate of drug-likeness (QED) is 0.833. The number of nitrogens with one attached hydrogen (secondary N) is 1. The molecule has 2 aromatic rings. The van der Waals surface area contributed by atoms with E-state index in [4.69, 9.17) is 9.26 Å². The van der Waals surface area contributed by atoms with E-state index >= 15 is 0 Å². The Morgan fingerprint density at radius 3 is 2.86 bits per heavy atom. The Bertz CT molecular complexity index is 698. The Morgan fingerprint density at radius 1 is 1.41 bits per heavy atom. The molecule has 0 radical (unpaired) electrons. The van der Waals surface area contributed by atoms with Gasteiger partial charge in [0.15, 0.2) is 23.0 Å². The molecule has 2 rings (SSSR count). The maximum Gasteiger partial charge on any atom is 0.273 e. The van der Waals surface area contributed by atoms with Gasteiger partial charge in [0.1, 0.15) is 12.4 Å². The Labute approximate surface area is 125 Å². The zero-order valence-corrected chi connectivity index (χ0v) is 11.9. The van der Waals surface area contributed by atoms with E-state index < -0.39 is 17.5 Å². The van der Waals surface area contributed by atoms with Gasteiger partial charge < -0.3 is 14.6 Å². The molecule has 116 valence electrons. The van der Waals surface area contributed by atoms with Crippen molar-refractivity contribution in [3.63, 3.8) is 0 Å². The number of ether oxygens (including phenoxy) is 1. The van der Waals surface area contributed by atoms with E-state index in [1.54, 1.807) is 6.92 Å². The lowest BCUT2D eigenvalue weighted by atomic mass is 10.3. The average molecular weight is 308 g/mol. The predicted octanol–water partition coefficient (Wildman–Crippen LogP) is 2.84. The molecule has 1 N–H and O–H groups in total. The summed E-state index contributed by atoms with van der Waals surface area (Å²) in [5.41, 5.74) is 0.881. The van der Waals surface area contributed by atoms with Crippen LogP contribution in [0.5, 0.6) is 5.75 Å². The summed E-state index contributed by atoms with van der Waals surface area (Å²) in [6, 6.07) is 4.35. The van der Waals surface area contributed by atoms with Crippen LogP contribution < -0.4 is 10.1 Å². The molecule has 0 bridgehead atoms. The lowest BCUT2D eigenvalue weighted by Gasteiger charge is -2.04. The smallest absolute Gasteiger partial charge is 0.273 e. The number of hydrogen-bond acceptors (Lipinski definition) is 4. The third-order valence-electron chi connectivity index (χ3n) is 2.61. The summed E-state index contributed by atoms with van der Waals surface area (Å²) in [4.78, 5) is 11.7. The second-order valence-electron chi connectivity index (χ2n) is 4.68. The number of carbonyl (C=O) groups excluding carboxylic acids is 1. The summed E-state index contributed by atoms with van der Waals surface area (Å²) in [6.07, 6.45) is 0. The van der Waals surface area contributed by atoms with Gasteiger partial charge in [-0.25, -0.2) is 8.78 Å². The van der Waals surface area contributed by atoms with Crippen molar-refractivity contribution in [1.82, 2.24) is 10.5 Å². The molecule has 22 heavy (non-hydrogen) atoms. The Kier molecular flexibility index (Phi) is 4.88. The Hall–Kier alpha value is -2.70. The average Bonchev–Trinajstić information content (AvgIpc) is 2.92. The fraction of sp³-hybridized carbons (Fsp3) is 0.200. The van der Waals surface area contributed by atoms with Gasteiger partial charge in [-0.3, -0.25) is 4.79 Å². The minimum atomic E-state index is -0.820. The minimum absolute atomic E-state index is 0.0828. The number of benzene rings is 1. The van der Waals surface area contributed by atoms with Crippen LogP contribution in [0.1, 0.15) is 23.2 Å². The molecule has 0 saturated heterocycles. The molecule has 0 aliphatic rings. The van der Waals surface area contributed by atoms with E-state index in [-0.39, 0.29) is 23.8 Å². The third-order valence-corrected chi connectivity index (χ3v) is 2.61. The standard InChI is InChI=1S/C15H14F2N2O3/c1-9(2)7-18-15(20)13-6-11(22-19-13)8-21-14-4-3-10(16)5-12(14)17/h3-6H,1,7-8H2,2H3,(H,18,20). The van der Waals surface area contributed by atoms with E-state index in [2.05, 4.69) is 17.1 Å². The minimum Gasteiger partial charge on any atom is -0.482 e. The lowest BCUT2D eigenvalue weighted by molar-refractivity contribution is 0.0947. The Morgan fingerprint density at radius 2 is 2.18 bits per heavy atom. The first kappa shape index (κ1) is 15.7. The number of aromatic nitrogens is 1. The van der Waals surface area contributed by atoms with E-state index in [1.807, 2.05) is 0 Å². The number of nitrogens with zero attached hydrogens (tertiary/aromatic N) is 1. The van der Waals surface area contributed by atoms with E-state index in [0.717, 1.165) is 11.6 Å². The summed E-state index contributed by atoms with van der Waals surface area (Å²) < 4.78 is 36.2. The second kappa shape index (κ2) is 6.84. The first-order valence-electron chi connectivity index (χ1n) is 6.41. The number of halogens is 2. The van der Waals surface area contributed by atoms with Gasteiger partial charge in [0.05, 0.1) is 0 Å². The van der Waals surface area contributed by atoms with Crippen LogP contribution in [0.15, 0.2) is 40.9 Å². The fourth-order valence-corrected chi connectivity index (χ4v) is 1.55. The van der Waals surface area contributed by atoms with Crippen molar-refractivity contribution in [3.8, 4) is 5.75 Å². The maximum atomic E-state index is 13.4. The topological polar surface area (TPSA) is 64.4 Å². The molecular formula is C15H14F2N2O3. The van der Waals surface area contributed by atoms with Gasteiger partial charge in [-0.1, -0.05) is 17.3 Å². The molecule has 0 spiro atoms. The molecule has 1 aromatic carbocycles. The fourth-order valence-electron chi connectivity index (χ4n) is 1.55. The van der Waals surface area contributed by atoms with Crippen molar-refractivity contribution < 1.29 is 22.8 Å². The molecule has 0 unspecified atom stereocenters. The SMILES string of the molecule is C=C(C)CNC(=O)c1cc(COc2ccc(F)cc2F)on1. The summed E-state index contributed by atoms with van der Waals surface area (Å²) in [5, 5.41) is 6.19. The zero-order chi connectivity index (χ0) is 16.1. The highest BCUT2D eigenvalue weighted by Gasteiger charge is 2.13. The van der Waals surface area contributed by atoms with Crippen molar-refractivity contribution in [1.29, 1.82) is 0 Å². The van der Waals surface area contributed by atoms with Gasteiger partial charge >= 0.3 is 0 Å². The maximum absolute atomic E-state index is 13.4. The van der Waals surface area contributed by atoms with Crippen LogP contribution in [-0.2, 0) is 6.61 Å². The monoisotopic (exact) mass is 308 g/mol. The number of rotatable bonds is 6. The number of hydrogen-bond donors (Lipinski definition) is 1. The van der Waals surface area contributed by atoms with E-state index in [9.17, 15) is 13.6 Å². The molecule has 0 saturated carbocycles. The van der Waals surface area contributed by atoms with E-state index in [0.29, 0.717) is 12.6 Å². The van der Waals surface area contributed by atoms with Gasteiger partial charge in [0.25, 0.3) is 5.91 Å². The van der Waals surface area contributed by atoms with Crippen molar-refractivity contribution in [2.75, 3.05) is 6.54 Å². The van der Waals surface area contributed by atoms with Gasteiger partial charge in [-0.15, -0.1) is 0 Å². The predicted molar refractivity (Wildman–Crippen MR) is 74.3 cm³/mol. The van der Waals surface area contributed by atoms with Crippen LogP contribution in [0.2, 0.25) is 0 Å². The van der Waals surface area contributed by atoms with Crippen LogP contribution in [0, 0.1) is 11.6 Å². The van der Waals surface area contributed by atoms with E-state index in [1.165, 1.54) is 12.1 Å². The van der Waals surface area contributed by atoms with Crippen molar-refractivity contribution in [2.24, 2.45) is 0 Å². The summed E-state index contributed by atoms with van der Waals surface area (Å²) in [6.45, 7) is 5.64. The lowest BCUT2D eigenvalue weighted by Crippen LogP contribution is -2.25. The molecule has 7 heteroatoms. The van der Waals surface area contributed by atoms with Gasteiger partial charge in [0.2, 0.25) is 0 Å². The van der Waals surface area contributed by atoms with Crippen LogP contribution in [-0.4, -0.2) is 17.6 Å². The molecule has 0 aliphatic heterocycles. The zero-order valence-electron chi connectivity index (χ0n) is 11.9. The summed E-state index contributed by atoms with van der Waals surface area (Å²) in [7, 11) is 0. The van der Waals surface area contributed by atoms with Crippen molar-refractivity contribution in [3.05, 3.63) is 59.5 Å². The molecule has 1 amide bonds. The highest BCUT2D eigenvalue weighted by atomic mass is 19.1. The van der Waals surface area contributed by atoms with Gasteiger partial charge in [-0.2, -0.15) is 0 Å². The summed E-state index contributed by atoms with van der Waals surface area (Å²) in [5.74, 6) is -1.80. The molecule has 1 aromatic heterocycles. The van der Waals surface area contributed by atoms with Gasteiger partial charge in [0, 0.05) is 18.7 Å². The molecule has 0 fully saturated rings. The Balaban J connectivity index is 1.94. The van der Waals surface area contributed by atoms with Crippen LogP contribution in [0.3, 0.4) is 0 Å². The molecular weight excluding hydrogens is 294 g/mol. The molecule has 1 heterocycles. The second-order valence-corrected chi connectivity index (χ2v) is 4.68. The molecule has 0 aliphatic carbocycles. The first-order valence-corrected chi connectivity index (χ1v) is 6.41. The molecule has 5 nitrogen and oxygen atoms in total. The van der Waals surface area contributed by atoms with Crippen LogP contribution >= 0.6 is 0 Å². The van der Waals surface area contributed by atoms with Crippen molar-refractivity contribution in [2.45, 2.75) is 13.5 Å².